The number of nitrogens with two attached hydrogens (primary N) is 1. The van der Waals surface area contributed by atoms with Crippen molar-refractivity contribution in [2.45, 2.75) is 25.3 Å². The fourth-order valence-electron chi connectivity index (χ4n) is 2.37. The summed E-state index contributed by atoms with van der Waals surface area (Å²) >= 11 is 0. The third-order valence-electron chi connectivity index (χ3n) is 3.64. The molecule has 2 heteroatoms. The largest absolute Gasteiger partial charge is 0.378 e. The molecule has 0 aliphatic carbocycles. The van der Waals surface area contributed by atoms with Gasteiger partial charge in [-0.2, -0.15) is 0 Å². The Balaban J connectivity index is 1.88. The average molecular weight is 268 g/mol. The van der Waals surface area contributed by atoms with Gasteiger partial charge >= 0.3 is 0 Å². The predicted molar refractivity (Wildman–Crippen MR) is 87.1 cm³/mol. The summed E-state index contributed by atoms with van der Waals surface area (Å²) in [5, 5.41) is 0. The van der Waals surface area contributed by atoms with Crippen LogP contribution in [-0.4, -0.2) is 14.1 Å². The van der Waals surface area contributed by atoms with Gasteiger partial charge in [-0.05, 0) is 42.5 Å². The Morgan fingerprint density at radius 2 is 1.75 bits per heavy atom. The Bertz CT molecular complexity index is 520. The van der Waals surface area contributed by atoms with Gasteiger partial charge in [-0.1, -0.05) is 42.5 Å². The number of benzene rings is 2. The maximum absolute atomic E-state index is 6.31. The summed E-state index contributed by atoms with van der Waals surface area (Å²) in [4.78, 5) is 2.11. The van der Waals surface area contributed by atoms with Crippen LogP contribution in [0.25, 0.3) is 0 Å². The summed E-state index contributed by atoms with van der Waals surface area (Å²) in [5.41, 5.74) is 10.1. The molecule has 2 N–H and O–H groups in total. The molecule has 1 unspecified atom stereocenters. The average Bonchev–Trinajstić information content (AvgIpc) is 2.48. The fourth-order valence-corrected chi connectivity index (χ4v) is 2.37. The molecule has 1 atom stereocenters. The van der Waals surface area contributed by atoms with Crippen LogP contribution in [0.2, 0.25) is 0 Å². The fraction of sp³-hybridized carbons (Fsp3) is 0.333. The lowest BCUT2D eigenvalue weighted by Gasteiger charge is -2.17. The van der Waals surface area contributed by atoms with Gasteiger partial charge in [0.15, 0.2) is 0 Å². The monoisotopic (exact) mass is 268 g/mol. The molecule has 0 aromatic heterocycles. The van der Waals surface area contributed by atoms with Gasteiger partial charge in [0.1, 0.15) is 0 Å². The van der Waals surface area contributed by atoms with Crippen LogP contribution in [0.3, 0.4) is 0 Å². The second-order valence-corrected chi connectivity index (χ2v) is 5.47. The van der Waals surface area contributed by atoms with Gasteiger partial charge in [0.2, 0.25) is 0 Å². The van der Waals surface area contributed by atoms with Crippen molar-refractivity contribution >= 4 is 5.69 Å². The second-order valence-electron chi connectivity index (χ2n) is 5.47. The Morgan fingerprint density at radius 1 is 1.00 bits per heavy atom. The second kappa shape index (κ2) is 7.11. The minimum absolute atomic E-state index is 0.124. The quantitative estimate of drug-likeness (QED) is 0.864. The van der Waals surface area contributed by atoms with Gasteiger partial charge in [0.05, 0.1) is 0 Å². The molecule has 0 aliphatic heterocycles. The Labute approximate surface area is 122 Å². The molecule has 20 heavy (non-hydrogen) atoms. The third kappa shape index (κ3) is 4.10. The third-order valence-corrected chi connectivity index (χ3v) is 3.64. The Kier molecular flexibility index (Phi) is 5.19. The molecular formula is C18H24N2. The van der Waals surface area contributed by atoms with Gasteiger partial charge in [-0.25, -0.2) is 0 Å². The summed E-state index contributed by atoms with van der Waals surface area (Å²) < 4.78 is 0. The van der Waals surface area contributed by atoms with Crippen LogP contribution in [0.4, 0.5) is 5.69 Å². The molecule has 0 saturated heterocycles. The van der Waals surface area contributed by atoms with Crippen LogP contribution in [0.5, 0.6) is 0 Å². The molecule has 0 spiro atoms. The number of nitrogens with zero attached hydrogens (tertiary/aromatic N) is 1. The summed E-state index contributed by atoms with van der Waals surface area (Å²) in [6.07, 6.45) is 3.24. The van der Waals surface area contributed by atoms with Gasteiger partial charge in [0, 0.05) is 25.8 Å². The van der Waals surface area contributed by atoms with E-state index in [1.54, 1.807) is 0 Å². The SMILES string of the molecule is CN(C)c1cccc(C(N)CCCc2ccccc2)c1. The summed E-state index contributed by atoms with van der Waals surface area (Å²) in [5.74, 6) is 0. The smallest absolute Gasteiger partial charge is 0.0364 e. The molecule has 0 aliphatic rings. The van der Waals surface area contributed by atoms with Crippen molar-refractivity contribution in [3.05, 3.63) is 65.7 Å². The van der Waals surface area contributed by atoms with E-state index in [2.05, 4.69) is 73.6 Å². The van der Waals surface area contributed by atoms with Crippen molar-refractivity contribution in [3.8, 4) is 0 Å². The van der Waals surface area contributed by atoms with Crippen LogP contribution < -0.4 is 10.6 Å². The van der Waals surface area contributed by atoms with Crippen molar-refractivity contribution in [2.24, 2.45) is 5.73 Å². The van der Waals surface area contributed by atoms with E-state index in [-0.39, 0.29) is 6.04 Å². The number of hydrogen-bond donors (Lipinski definition) is 1. The van der Waals surface area contributed by atoms with Crippen LogP contribution >= 0.6 is 0 Å². The van der Waals surface area contributed by atoms with E-state index in [4.69, 9.17) is 5.73 Å². The molecule has 0 heterocycles. The first-order valence-corrected chi connectivity index (χ1v) is 7.23. The highest BCUT2D eigenvalue weighted by Gasteiger charge is 2.07. The topological polar surface area (TPSA) is 29.3 Å². The maximum atomic E-state index is 6.31. The zero-order chi connectivity index (χ0) is 14.4. The van der Waals surface area contributed by atoms with Crippen molar-refractivity contribution < 1.29 is 0 Å². The standard InChI is InChI=1S/C18H24N2/c1-20(2)17-12-7-11-16(14-17)18(19)13-6-10-15-8-4-3-5-9-15/h3-5,7-9,11-12,14,18H,6,10,13,19H2,1-2H3. The predicted octanol–water partition coefficient (Wildman–Crippen LogP) is 3.78. The molecule has 0 bridgehead atoms. The summed E-state index contributed by atoms with van der Waals surface area (Å²) in [6, 6.07) is 19.2. The van der Waals surface area contributed by atoms with Crippen LogP contribution in [-0.2, 0) is 6.42 Å². The van der Waals surface area contributed by atoms with Crippen LogP contribution in [0.15, 0.2) is 54.6 Å². The van der Waals surface area contributed by atoms with Crippen molar-refractivity contribution in [2.75, 3.05) is 19.0 Å². The summed E-state index contributed by atoms with van der Waals surface area (Å²) in [6.45, 7) is 0. The van der Waals surface area contributed by atoms with Crippen molar-refractivity contribution in [1.29, 1.82) is 0 Å². The van der Waals surface area contributed by atoms with Crippen molar-refractivity contribution in [3.63, 3.8) is 0 Å². The molecule has 2 aromatic carbocycles. The van der Waals surface area contributed by atoms with E-state index >= 15 is 0 Å². The van der Waals surface area contributed by atoms with E-state index in [1.165, 1.54) is 16.8 Å². The molecule has 106 valence electrons. The number of rotatable bonds is 6. The summed E-state index contributed by atoms with van der Waals surface area (Å²) in [7, 11) is 4.11. The normalized spacial score (nSPS) is 12.2. The zero-order valence-corrected chi connectivity index (χ0v) is 12.4. The van der Waals surface area contributed by atoms with Gasteiger partial charge in [0.25, 0.3) is 0 Å². The zero-order valence-electron chi connectivity index (χ0n) is 12.4. The van der Waals surface area contributed by atoms with Crippen LogP contribution in [0.1, 0.15) is 30.0 Å². The molecule has 2 rings (SSSR count). The maximum Gasteiger partial charge on any atom is 0.0364 e. The molecular weight excluding hydrogens is 244 g/mol. The van der Waals surface area contributed by atoms with Gasteiger partial charge < -0.3 is 10.6 Å². The molecule has 0 radical (unpaired) electrons. The van der Waals surface area contributed by atoms with E-state index in [9.17, 15) is 0 Å². The van der Waals surface area contributed by atoms with Gasteiger partial charge in [-0.15, -0.1) is 0 Å². The molecule has 0 fully saturated rings. The minimum Gasteiger partial charge on any atom is -0.378 e. The number of anilines is 1. The lowest BCUT2D eigenvalue weighted by molar-refractivity contribution is 0.611. The molecule has 2 aromatic rings. The first kappa shape index (κ1) is 14.6. The molecule has 0 saturated carbocycles. The molecule has 2 nitrogen and oxygen atoms in total. The van der Waals surface area contributed by atoms with E-state index in [1.807, 2.05) is 0 Å². The lowest BCUT2D eigenvalue weighted by Crippen LogP contribution is -2.13. The lowest BCUT2D eigenvalue weighted by atomic mass is 9.99. The van der Waals surface area contributed by atoms with E-state index in [0.717, 1.165) is 19.3 Å². The van der Waals surface area contributed by atoms with Gasteiger partial charge in [-0.3, -0.25) is 0 Å². The first-order valence-electron chi connectivity index (χ1n) is 7.23. The van der Waals surface area contributed by atoms with E-state index in [0.29, 0.717) is 0 Å². The van der Waals surface area contributed by atoms with Crippen molar-refractivity contribution in [1.82, 2.24) is 0 Å². The number of aryl methyl sites for hydroxylation is 1. The minimum atomic E-state index is 0.124. The highest BCUT2D eigenvalue weighted by Crippen LogP contribution is 2.21. The van der Waals surface area contributed by atoms with E-state index < -0.39 is 0 Å². The van der Waals surface area contributed by atoms with Crippen LogP contribution in [0, 0.1) is 0 Å². The Hall–Kier alpha value is -1.80. The number of hydrogen-bond acceptors (Lipinski definition) is 2. The first-order chi connectivity index (χ1) is 9.66. The highest BCUT2D eigenvalue weighted by molar-refractivity contribution is 5.47. The highest BCUT2D eigenvalue weighted by atomic mass is 15.1. The molecule has 0 amide bonds. The Morgan fingerprint density at radius 3 is 2.45 bits per heavy atom.